The van der Waals surface area contributed by atoms with Crippen molar-refractivity contribution in [3.05, 3.63) is 23.9 Å². The number of carbonyl (C=O) groups excluding carboxylic acids is 1. The molecule has 0 bridgehead atoms. The molecule has 0 aliphatic rings. The first-order valence-corrected chi connectivity index (χ1v) is 4.50. The second-order valence-electron chi connectivity index (χ2n) is 2.73. The molecule has 1 heterocycles. The number of hydrogen-bond acceptors (Lipinski definition) is 4. The number of ether oxygens (including phenoxy) is 1. The fraction of sp³-hybridized carbons (Fsp3) is 0.300. The minimum Gasteiger partial charge on any atom is -0.372 e. The van der Waals surface area contributed by atoms with Crippen LogP contribution in [0, 0.1) is 11.3 Å². The van der Waals surface area contributed by atoms with Gasteiger partial charge in [-0.1, -0.05) is 0 Å². The Morgan fingerprint density at radius 1 is 1.67 bits per heavy atom. The Bertz CT molecular complexity index is 367. The largest absolute Gasteiger partial charge is 0.372 e. The average molecular weight is 205 g/mol. The standard InChI is InChI=1S/C10H11N3O2/c1-2-15-7-10(14)13-9-4-3-8(5-11)6-12-9/h3-4,6H,2,7H2,1H3,(H,12,13,14). The van der Waals surface area contributed by atoms with Crippen molar-refractivity contribution < 1.29 is 9.53 Å². The average Bonchev–Trinajstić information content (AvgIpc) is 2.27. The Balaban J connectivity index is 2.50. The van der Waals surface area contributed by atoms with Crippen molar-refractivity contribution in [2.24, 2.45) is 0 Å². The van der Waals surface area contributed by atoms with E-state index in [9.17, 15) is 4.79 Å². The van der Waals surface area contributed by atoms with E-state index in [-0.39, 0.29) is 12.5 Å². The molecule has 1 aromatic heterocycles. The first-order chi connectivity index (χ1) is 7.26. The van der Waals surface area contributed by atoms with Crippen molar-refractivity contribution in [3.63, 3.8) is 0 Å². The van der Waals surface area contributed by atoms with Gasteiger partial charge in [0.2, 0.25) is 0 Å². The number of hydrogen-bond donors (Lipinski definition) is 1. The minimum absolute atomic E-state index is 0.0121. The van der Waals surface area contributed by atoms with Gasteiger partial charge in [-0.15, -0.1) is 0 Å². The molecular formula is C10H11N3O2. The molecule has 0 fully saturated rings. The summed E-state index contributed by atoms with van der Waals surface area (Å²) in [7, 11) is 0. The normalized spacial score (nSPS) is 9.33. The van der Waals surface area contributed by atoms with E-state index in [1.165, 1.54) is 6.20 Å². The van der Waals surface area contributed by atoms with Gasteiger partial charge >= 0.3 is 0 Å². The maximum Gasteiger partial charge on any atom is 0.251 e. The fourth-order valence-corrected chi connectivity index (χ4v) is 0.908. The highest BCUT2D eigenvalue weighted by Gasteiger charge is 2.02. The monoisotopic (exact) mass is 205 g/mol. The second kappa shape index (κ2) is 5.73. The first-order valence-electron chi connectivity index (χ1n) is 4.50. The zero-order chi connectivity index (χ0) is 11.1. The highest BCUT2D eigenvalue weighted by Crippen LogP contribution is 2.03. The van der Waals surface area contributed by atoms with Gasteiger partial charge < -0.3 is 10.1 Å². The van der Waals surface area contributed by atoms with Crippen LogP contribution in [0.3, 0.4) is 0 Å². The number of pyridine rings is 1. The summed E-state index contributed by atoms with van der Waals surface area (Å²) in [5.41, 5.74) is 0.456. The first kappa shape index (κ1) is 11.1. The number of nitrogens with zero attached hydrogens (tertiary/aromatic N) is 2. The number of amides is 1. The summed E-state index contributed by atoms with van der Waals surface area (Å²) >= 11 is 0. The molecule has 15 heavy (non-hydrogen) atoms. The summed E-state index contributed by atoms with van der Waals surface area (Å²) in [6.45, 7) is 2.32. The third kappa shape index (κ3) is 3.75. The van der Waals surface area contributed by atoms with Crippen LogP contribution in [0.2, 0.25) is 0 Å². The van der Waals surface area contributed by atoms with E-state index in [1.807, 2.05) is 13.0 Å². The zero-order valence-corrected chi connectivity index (χ0v) is 8.36. The molecule has 0 unspecified atom stereocenters. The molecule has 0 aromatic carbocycles. The zero-order valence-electron chi connectivity index (χ0n) is 8.36. The van der Waals surface area contributed by atoms with Gasteiger partial charge in [-0.2, -0.15) is 5.26 Å². The van der Waals surface area contributed by atoms with Gasteiger partial charge in [0.05, 0.1) is 5.56 Å². The molecule has 1 rings (SSSR count). The fourth-order valence-electron chi connectivity index (χ4n) is 0.908. The van der Waals surface area contributed by atoms with Gasteiger partial charge in [0.1, 0.15) is 18.5 Å². The predicted molar refractivity (Wildman–Crippen MR) is 54.1 cm³/mol. The maximum absolute atomic E-state index is 11.2. The number of aromatic nitrogens is 1. The third-order valence-corrected chi connectivity index (χ3v) is 1.60. The lowest BCUT2D eigenvalue weighted by Gasteiger charge is -2.03. The van der Waals surface area contributed by atoms with Crippen LogP contribution in [0.5, 0.6) is 0 Å². The van der Waals surface area contributed by atoms with Crippen LogP contribution in [0.4, 0.5) is 5.82 Å². The molecule has 0 aliphatic carbocycles. The van der Waals surface area contributed by atoms with Crippen molar-refractivity contribution in [2.75, 3.05) is 18.5 Å². The van der Waals surface area contributed by atoms with Gasteiger partial charge in [-0.05, 0) is 19.1 Å². The molecule has 78 valence electrons. The van der Waals surface area contributed by atoms with E-state index in [4.69, 9.17) is 10.00 Å². The third-order valence-electron chi connectivity index (χ3n) is 1.60. The number of carbonyl (C=O) groups is 1. The molecule has 1 N–H and O–H groups in total. The molecule has 1 amide bonds. The summed E-state index contributed by atoms with van der Waals surface area (Å²) in [6, 6.07) is 5.10. The van der Waals surface area contributed by atoms with Crippen LogP contribution >= 0.6 is 0 Å². The number of rotatable bonds is 4. The molecule has 0 saturated carbocycles. The Morgan fingerprint density at radius 3 is 3.00 bits per heavy atom. The van der Waals surface area contributed by atoms with Crippen LogP contribution in [0.15, 0.2) is 18.3 Å². The Kier molecular flexibility index (Phi) is 4.26. The lowest BCUT2D eigenvalue weighted by atomic mass is 10.3. The number of nitrogens with one attached hydrogen (secondary N) is 1. The van der Waals surface area contributed by atoms with Crippen molar-refractivity contribution in [3.8, 4) is 6.07 Å². The van der Waals surface area contributed by atoms with Crippen molar-refractivity contribution in [1.29, 1.82) is 5.26 Å². The quantitative estimate of drug-likeness (QED) is 0.793. The van der Waals surface area contributed by atoms with Gasteiger partial charge in [0.25, 0.3) is 5.91 Å². The topological polar surface area (TPSA) is 75.0 Å². The van der Waals surface area contributed by atoms with E-state index >= 15 is 0 Å². The SMILES string of the molecule is CCOCC(=O)Nc1ccc(C#N)cn1. The van der Waals surface area contributed by atoms with E-state index < -0.39 is 0 Å². The molecular weight excluding hydrogens is 194 g/mol. The van der Waals surface area contributed by atoms with Gasteiger partial charge in [-0.3, -0.25) is 4.79 Å². The molecule has 0 spiro atoms. The van der Waals surface area contributed by atoms with Crippen LogP contribution < -0.4 is 5.32 Å². The maximum atomic E-state index is 11.2. The minimum atomic E-state index is -0.256. The Labute approximate surface area is 87.7 Å². The second-order valence-corrected chi connectivity index (χ2v) is 2.73. The van der Waals surface area contributed by atoms with Crippen LogP contribution in [0.25, 0.3) is 0 Å². The molecule has 5 nitrogen and oxygen atoms in total. The van der Waals surface area contributed by atoms with E-state index in [0.29, 0.717) is 18.0 Å². The van der Waals surface area contributed by atoms with E-state index in [0.717, 1.165) is 0 Å². The molecule has 1 aromatic rings. The molecule has 0 atom stereocenters. The predicted octanol–water partition coefficient (Wildman–Crippen LogP) is 0.928. The number of nitriles is 1. The number of anilines is 1. The smallest absolute Gasteiger partial charge is 0.251 e. The summed E-state index contributed by atoms with van der Waals surface area (Å²) in [6.07, 6.45) is 1.40. The van der Waals surface area contributed by atoms with Gasteiger partial charge in [0.15, 0.2) is 0 Å². The summed E-state index contributed by atoms with van der Waals surface area (Å²) in [4.78, 5) is 15.1. The summed E-state index contributed by atoms with van der Waals surface area (Å²) in [5, 5.41) is 11.1. The van der Waals surface area contributed by atoms with Gasteiger partial charge in [0, 0.05) is 12.8 Å². The van der Waals surface area contributed by atoms with Gasteiger partial charge in [-0.25, -0.2) is 4.98 Å². The lowest BCUT2D eigenvalue weighted by molar-refractivity contribution is -0.120. The molecule has 0 aliphatic heterocycles. The Hall–Kier alpha value is -1.93. The summed E-state index contributed by atoms with van der Waals surface area (Å²) in [5.74, 6) is 0.160. The highest BCUT2D eigenvalue weighted by atomic mass is 16.5. The Morgan fingerprint density at radius 2 is 2.47 bits per heavy atom. The van der Waals surface area contributed by atoms with Crippen molar-refractivity contribution >= 4 is 11.7 Å². The lowest BCUT2D eigenvalue weighted by Crippen LogP contribution is -2.18. The molecule has 0 radical (unpaired) electrons. The van der Waals surface area contributed by atoms with Crippen LogP contribution in [0.1, 0.15) is 12.5 Å². The van der Waals surface area contributed by atoms with E-state index in [2.05, 4.69) is 10.3 Å². The van der Waals surface area contributed by atoms with E-state index in [1.54, 1.807) is 12.1 Å². The summed E-state index contributed by atoms with van der Waals surface area (Å²) < 4.78 is 4.92. The van der Waals surface area contributed by atoms with Crippen molar-refractivity contribution in [1.82, 2.24) is 4.98 Å². The molecule has 5 heteroatoms. The highest BCUT2D eigenvalue weighted by molar-refractivity contribution is 5.90. The van der Waals surface area contributed by atoms with Crippen LogP contribution in [-0.4, -0.2) is 24.1 Å². The molecule has 0 saturated heterocycles. The van der Waals surface area contributed by atoms with Crippen LogP contribution in [-0.2, 0) is 9.53 Å². The van der Waals surface area contributed by atoms with Crippen molar-refractivity contribution in [2.45, 2.75) is 6.92 Å².